The highest BCUT2D eigenvalue weighted by molar-refractivity contribution is 6.30. The first-order valence-electron chi connectivity index (χ1n) is 7.35. The number of aliphatic hydroxyl groups is 2. The number of aliphatic hydroxyl groups excluding tert-OH is 2. The van der Waals surface area contributed by atoms with Gasteiger partial charge in [-0.15, -0.1) is 0 Å². The third-order valence-electron chi connectivity index (χ3n) is 3.69. The van der Waals surface area contributed by atoms with Gasteiger partial charge < -0.3 is 10.2 Å². The Morgan fingerprint density at radius 1 is 0.960 bits per heavy atom. The zero-order chi connectivity index (χ0) is 18.6. The molecule has 25 heavy (non-hydrogen) atoms. The molecule has 0 fully saturated rings. The Morgan fingerprint density at radius 2 is 1.60 bits per heavy atom. The normalized spacial score (nSPS) is 15.6. The van der Waals surface area contributed by atoms with Crippen LogP contribution >= 0.6 is 23.2 Å². The van der Waals surface area contributed by atoms with Crippen LogP contribution in [0.15, 0.2) is 48.5 Å². The zero-order valence-electron chi connectivity index (χ0n) is 12.8. The molecule has 8 heteroatoms. The van der Waals surface area contributed by atoms with E-state index in [1.807, 2.05) is 0 Å². The predicted molar refractivity (Wildman–Crippen MR) is 90.7 cm³/mol. The molecule has 0 aliphatic rings. The lowest BCUT2D eigenvalue weighted by molar-refractivity contribution is -0.167. The van der Waals surface area contributed by atoms with E-state index in [1.165, 1.54) is 30.3 Å². The number of rotatable bonds is 6. The maximum Gasteiger partial charge on any atom is 0.406 e. The lowest BCUT2D eigenvalue weighted by atomic mass is 9.95. The van der Waals surface area contributed by atoms with Crippen molar-refractivity contribution >= 4 is 23.2 Å². The van der Waals surface area contributed by atoms with Crippen molar-refractivity contribution in [2.24, 2.45) is 0 Å². The highest BCUT2D eigenvalue weighted by atomic mass is 35.5. The molecule has 0 aromatic heterocycles. The van der Waals surface area contributed by atoms with Crippen LogP contribution in [0.25, 0.3) is 0 Å². The third-order valence-corrected chi connectivity index (χ3v) is 4.18. The average molecular weight is 394 g/mol. The second-order valence-electron chi connectivity index (χ2n) is 5.47. The van der Waals surface area contributed by atoms with Crippen LogP contribution in [-0.2, 0) is 0 Å². The molecule has 3 nitrogen and oxygen atoms in total. The monoisotopic (exact) mass is 393 g/mol. The number of nitrogens with one attached hydrogen (secondary N) is 1. The molecule has 0 unspecified atom stereocenters. The van der Waals surface area contributed by atoms with E-state index >= 15 is 0 Å². The predicted octanol–water partition coefficient (Wildman–Crippen LogP) is 4.28. The van der Waals surface area contributed by atoms with E-state index in [0.29, 0.717) is 21.2 Å². The molecule has 0 radical (unpaired) electrons. The lowest BCUT2D eigenvalue weighted by Gasteiger charge is -2.30. The lowest BCUT2D eigenvalue weighted by Crippen LogP contribution is -2.47. The summed E-state index contributed by atoms with van der Waals surface area (Å²) in [6.07, 6.45) is -6.00. The van der Waals surface area contributed by atoms with Gasteiger partial charge in [-0.1, -0.05) is 47.5 Å². The van der Waals surface area contributed by atoms with Crippen molar-refractivity contribution in [1.29, 1.82) is 0 Å². The van der Waals surface area contributed by atoms with Gasteiger partial charge >= 0.3 is 6.18 Å². The fraction of sp³-hybridized carbons (Fsp3) is 0.294. The van der Waals surface area contributed by atoms with Gasteiger partial charge in [0.15, 0.2) is 0 Å². The Hall–Kier alpha value is -1.31. The van der Waals surface area contributed by atoms with E-state index in [2.05, 4.69) is 5.32 Å². The van der Waals surface area contributed by atoms with Crippen molar-refractivity contribution < 1.29 is 23.4 Å². The zero-order valence-corrected chi connectivity index (χ0v) is 14.4. The molecular weight excluding hydrogens is 378 g/mol. The summed E-state index contributed by atoms with van der Waals surface area (Å²) in [6, 6.07) is 8.94. The molecule has 3 atom stereocenters. The summed E-state index contributed by atoms with van der Waals surface area (Å²) in [7, 11) is 0. The largest absolute Gasteiger partial charge is 0.406 e. The number of hydrogen-bond donors (Lipinski definition) is 3. The van der Waals surface area contributed by atoms with Gasteiger partial charge in [0.25, 0.3) is 0 Å². The number of benzene rings is 2. The first-order valence-corrected chi connectivity index (χ1v) is 8.10. The van der Waals surface area contributed by atoms with Gasteiger partial charge in [-0.05, 0) is 35.4 Å². The average Bonchev–Trinajstić information content (AvgIpc) is 2.55. The second kappa shape index (κ2) is 8.38. The highest BCUT2D eigenvalue weighted by Crippen LogP contribution is 2.33. The fourth-order valence-corrected chi connectivity index (χ4v) is 2.71. The van der Waals surface area contributed by atoms with Gasteiger partial charge in [0, 0.05) is 10.0 Å². The molecular formula is C17H16Cl2F3NO2. The molecule has 136 valence electrons. The number of hydrogen-bond acceptors (Lipinski definition) is 3. The molecule has 2 rings (SSSR count). The van der Waals surface area contributed by atoms with E-state index in [1.54, 1.807) is 18.2 Å². The molecule has 2 aromatic carbocycles. The number of halogens is 5. The van der Waals surface area contributed by atoms with E-state index in [4.69, 9.17) is 28.3 Å². The molecule has 0 saturated carbocycles. The van der Waals surface area contributed by atoms with Gasteiger partial charge in [0.05, 0.1) is 18.8 Å². The summed E-state index contributed by atoms with van der Waals surface area (Å²) in [6.45, 7) is -1.16. The van der Waals surface area contributed by atoms with Gasteiger partial charge in [0.2, 0.25) is 0 Å². The van der Waals surface area contributed by atoms with Crippen molar-refractivity contribution in [2.75, 3.05) is 6.61 Å². The van der Waals surface area contributed by atoms with Gasteiger partial charge in [-0.2, -0.15) is 13.2 Å². The van der Waals surface area contributed by atoms with Crippen molar-refractivity contribution in [3.63, 3.8) is 0 Å². The summed E-state index contributed by atoms with van der Waals surface area (Å²) in [5, 5.41) is 22.8. The topological polar surface area (TPSA) is 52.5 Å². The van der Waals surface area contributed by atoms with E-state index < -0.39 is 31.0 Å². The van der Waals surface area contributed by atoms with Gasteiger partial charge in [-0.25, -0.2) is 0 Å². The van der Waals surface area contributed by atoms with Gasteiger partial charge in [-0.3, -0.25) is 5.32 Å². The minimum atomic E-state index is -4.67. The van der Waals surface area contributed by atoms with Crippen molar-refractivity contribution in [3.8, 4) is 0 Å². The second-order valence-corrected chi connectivity index (χ2v) is 6.35. The van der Waals surface area contributed by atoms with Crippen LogP contribution in [0.1, 0.15) is 23.3 Å². The third kappa shape index (κ3) is 5.33. The molecule has 0 aliphatic carbocycles. The molecule has 0 amide bonds. The highest BCUT2D eigenvalue weighted by Gasteiger charge is 2.41. The first-order chi connectivity index (χ1) is 11.7. The van der Waals surface area contributed by atoms with E-state index in [0.717, 1.165) is 0 Å². The molecule has 0 bridgehead atoms. The van der Waals surface area contributed by atoms with Crippen LogP contribution in [0.2, 0.25) is 10.0 Å². The van der Waals surface area contributed by atoms with Crippen LogP contribution in [-0.4, -0.2) is 29.0 Å². The molecule has 3 N–H and O–H groups in total. The molecule has 2 aromatic rings. The smallest absolute Gasteiger partial charge is 0.394 e. The summed E-state index contributed by atoms with van der Waals surface area (Å²) in [5.41, 5.74) is 0.735. The van der Waals surface area contributed by atoms with Crippen LogP contribution < -0.4 is 5.32 Å². The maximum atomic E-state index is 13.0. The Labute approximate surface area is 153 Å². The van der Waals surface area contributed by atoms with E-state index in [-0.39, 0.29) is 0 Å². The summed E-state index contributed by atoms with van der Waals surface area (Å²) in [5.74, 6) is 0. The summed E-state index contributed by atoms with van der Waals surface area (Å²) >= 11 is 11.7. The maximum absolute atomic E-state index is 13.0. The van der Waals surface area contributed by atoms with Crippen molar-refractivity contribution in [1.82, 2.24) is 5.32 Å². The summed E-state index contributed by atoms with van der Waals surface area (Å²) < 4.78 is 39.1. The minimum absolute atomic E-state index is 0.346. The van der Waals surface area contributed by atoms with Crippen LogP contribution in [0.4, 0.5) is 13.2 Å². The Balaban J connectivity index is 2.39. The van der Waals surface area contributed by atoms with Crippen LogP contribution in [0, 0.1) is 0 Å². The van der Waals surface area contributed by atoms with Crippen LogP contribution in [0.3, 0.4) is 0 Å². The van der Waals surface area contributed by atoms with Crippen LogP contribution in [0.5, 0.6) is 0 Å². The molecule has 0 saturated heterocycles. The van der Waals surface area contributed by atoms with Crippen molar-refractivity contribution in [2.45, 2.75) is 24.4 Å². The minimum Gasteiger partial charge on any atom is -0.394 e. The van der Waals surface area contributed by atoms with Crippen molar-refractivity contribution in [3.05, 3.63) is 69.7 Å². The standard InChI is InChI=1S/C17H16Cl2F3NO2/c18-12-6-4-10(5-7-12)15(23-14(9-24)17(20,21)22)16(25)11-2-1-3-13(19)8-11/h1-8,14-16,23-25H,9H2/t14-,15-,16-/m1/s1. The SMILES string of the molecule is OC[C@@H](N[C@H](c1ccc(Cl)cc1)[C@H](O)c1cccc(Cl)c1)C(F)(F)F. The molecule has 0 spiro atoms. The Kier molecular flexibility index (Phi) is 6.71. The Morgan fingerprint density at radius 3 is 2.12 bits per heavy atom. The molecule has 0 heterocycles. The number of alkyl halides is 3. The fourth-order valence-electron chi connectivity index (χ4n) is 2.39. The quantitative estimate of drug-likeness (QED) is 0.686. The Bertz CT molecular complexity index is 695. The first kappa shape index (κ1) is 20.0. The molecule has 0 aliphatic heterocycles. The van der Waals surface area contributed by atoms with Gasteiger partial charge in [0.1, 0.15) is 6.04 Å². The summed E-state index contributed by atoms with van der Waals surface area (Å²) in [4.78, 5) is 0. The van der Waals surface area contributed by atoms with E-state index in [9.17, 15) is 18.3 Å².